The molecule has 1 aromatic carbocycles. The Morgan fingerprint density at radius 1 is 1.29 bits per heavy atom. The molecule has 0 spiro atoms. The fraction of sp³-hybridized carbons (Fsp3) is 0.421. The molecule has 1 aliphatic rings. The van der Waals surface area contributed by atoms with Gasteiger partial charge in [-0.15, -0.1) is 11.3 Å². The monoisotopic (exact) mass is 344 g/mol. The summed E-state index contributed by atoms with van der Waals surface area (Å²) < 4.78 is 0. The first-order chi connectivity index (χ1) is 11.7. The summed E-state index contributed by atoms with van der Waals surface area (Å²) in [6.45, 7) is 3.04. The van der Waals surface area contributed by atoms with Crippen LogP contribution in [0.1, 0.15) is 35.7 Å². The summed E-state index contributed by atoms with van der Waals surface area (Å²) in [6, 6.07) is 14.8. The molecule has 128 valence electrons. The van der Waals surface area contributed by atoms with Crippen molar-refractivity contribution in [2.24, 2.45) is 0 Å². The van der Waals surface area contributed by atoms with E-state index in [1.165, 1.54) is 5.56 Å². The van der Waals surface area contributed by atoms with E-state index in [4.69, 9.17) is 0 Å². The maximum Gasteiger partial charge on any atom is 0.305 e. The number of likely N-dealkylation sites (tertiary alicyclic amines) is 1. The van der Waals surface area contributed by atoms with Crippen molar-refractivity contribution in [3.8, 4) is 0 Å². The van der Waals surface area contributed by atoms with Crippen molar-refractivity contribution in [2.75, 3.05) is 13.1 Å². The summed E-state index contributed by atoms with van der Waals surface area (Å²) in [5, 5.41) is 14.8. The van der Waals surface area contributed by atoms with E-state index >= 15 is 0 Å². The summed E-state index contributed by atoms with van der Waals surface area (Å²) in [7, 11) is 0. The van der Waals surface area contributed by atoms with Gasteiger partial charge in [0.05, 0.1) is 12.5 Å². The van der Waals surface area contributed by atoms with E-state index in [1.54, 1.807) is 11.3 Å². The van der Waals surface area contributed by atoms with Gasteiger partial charge in [-0.2, -0.15) is 0 Å². The van der Waals surface area contributed by atoms with E-state index in [2.05, 4.69) is 34.5 Å². The molecule has 2 atom stereocenters. The molecule has 2 unspecified atom stereocenters. The Bertz CT molecular complexity index is 630. The predicted molar refractivity (Wildman–Crippen MR) is 97.2 cm³/mol. The maximum atomic E-state index is 11.2. The van der Waals surface area contributed by atoms with Crippen LogP contribution in [0.2, 0.25) is 0 Å². The minimum Gasteiger partial charge on any atom is -0.481 e. The molecule has 2 N–H and O–H groups in total. The van der Waals surface area contributed by atoms with Gasteiger partial charge in [-0.25, -0.2) is 0 Å². The molecule has 1 aliphatic heterocycles. The fourth-order valence-corrected chi connectivity index (χ4v) is 4.15. The Morgan fingerprint density at radius 3 is 2.83 bits per heavy atom. The number of hydrogen-bond acceptors (Lipinski definition) is 4. The zero-order valence-electron chi connectivity index (χ0n) is 13.7. The molecular formula is C19H24N2O2S. The quantitative estimate of drug-likeness (QED) is 0.807. The largest absolute Gasteiger partial charge is 0.481 e. The molecular weight excluding hydrogens is 320 g/mol. The molecule has 2 aromatic rings. The number of hydrogen-bond donors (Lipinski definition) is 2. The smallest absolute Gasteiger partial charge is 0.305 e. The highest BCUT2D eigenvalue weighted by Gasteiger charge is 2.25. The Labute approximate surface area is 147 Å². The summed E-state index contributed by atoms with van der Waals surface area (Å²) in [4.78, 5) is 14.8. The van der Waals surface area contributed by atoms with Gasteiger partial charge < -0.3 is 10.4 Å². The molecule has 1 saturated heterocycles. The van der Waals surface area contributed by atoms with Crippen LogP contribution in [-0.4, -0.2) is 35.1 Å². The van der Waals surface area contributed by atoms with Crippen molar-refractivity contribution >= 4 is 17.3 Å². The number of nitrogens with one attached hydrogen (secondary N) is 1. The van der Waals surface area contributed by atoms with Crippen LogP contribution in [0.15, 0.2) is 47.8 Å². The molecule has 4 nitrogen and oxygen atoms in total. The minimum atomic E-state index is -0.752. The minimum absolute atomic E-state index is 0.0934. The lowest BCUT2D eigenvalue weighted by atomic mass is 10.0. The summed E-state index contributed by atoms with van der Waals surface area (Å²) in [5.41, 5.74) is 1.33. The maximum absolute atomic E-state index is 11.2. The number of carboxylic acid groups (broad SMARTS) is 1. The second-order valence-electron chi connectivity index (χ2n) is 6.39. The van der Waals surface area contributed by atoms with Crippen LogP contribution in [0, 0.1) is 0 Å². The summed E-state index contributed by atoms with van der Waals surface area (Å²) in [5.74, 6) is -0.752. The predicted octanol–water partition coefficient (Wildman–Crippen LogP) is 3.52. The number of nitrogens with zero attached hydrogens (tertiary/aromatic N) is 1. The summed E-state index contributed by atoms with van der Waals surface area (Å²) in [6.07, 6.45) is 2.39. The van der Waals surface area contributed by atoms with Crippen molar-refractivity contribution < 1.29 is 9.90 Å². The number of carboxylic acids is 1. The molecule has 2 heterocycles. The third-order valence-electron chi connectivity index (χ3n) is 4.46. The van der Waals surface area contributed by atoms with Crippen molar-refractivity contribution in [3.63, 3.8) is 0 Å². The number of thiophene rings is 1. The molecule has 0 saturated carbocycles. The third-order valence-corrected chi connectivity index (χ3v) is 5.44. The van der Waals surface area contributed by atoms with Crippen molar-refractivity contribution in [2.45, 2.75) is 37.9 Å². The SMILES string of the molecule is O=C(O)CC(NC1CCCN(Cc2ccccc2)C1)c1cccs1. The lowest BCUT2D eigenvalue weighted by Gasteiger charge is -2.35. The zero-order valence-corrected chi connectivity index (χ0v) is 14.5. The standard InChI is InChI=1S/C19H24N2O2S/c22-19(23)12-17(18-9-5-11-24-18)20-16-8-4-10-21(14-16)13-15-6-2-1-3-7-15/h1-3,5-7,9,11,16-17,20H,4,8,10,12-14H2,(H,22,23). The first-order valence-electron chi connectivity index (χ1n) is 8.48. The van der Waals surface area contributed by atoms with E-state index in [0.29, 0.717) is 6.04 Å². The number of piperidine rings is 1. The molecule has 0 bridgehead atoms. The molecule has 24 heavy (non-hydrogen) atoms. The lowest BCUT2D eigenvalue weighted by Crippen LogP contribution is -2.46. The normalized spacial score (nSPS) is 19.9. The van der Waals surface area contributed by atoms with Gasteiger partial charge in [-0.05, 0) is 36.4 Å². The van der Waals surface area contributed by atoms with E-state index in [-0.39, 0.29) is 12.5 Å². The average Bonchev–Trinajstić information content (AvgIpc) is 3.10. The Balaban J connectivity index is 1.60. The topological polar surface area (TPSA) is 52.6 Å². The molecule has 0 amide bonds. The van der Waals surface area contributed by atoms with Gasteiger partial charge in [-0.1, -0.05) is 36.4 Å². The van der Waals surface area contributed by atoms with Crippen LogP contribution in [-0.2, 0) is 11.3 Å². The first kappa shape index (κ1) is 17.1. The van der Waals surface area contributed by atoms with Crippen LogP contribution < -0.4 is 5.32 Å². The summed E-state index contributed by atoms with van der Waals surface area (Å²) >= 11 is 1.63. The first-order valence-corrected chi connectivity index (χ1v) is 9.36. The highest BCUT2D eigenvalue weighted by Crippen LogP contribution is 2.24. The van der Waals surface area contributed by atoms with Gasteiger partial charge in [0, 0.05) is 24.0 Å². The Kier molecular flexibility index (Phi) is 6.01. The lowest BCUT2D eigenvalue weighted by molar-refractivity contribution is -0.137. The Hall–Kier alpha value is -1.69. The van der Waals surface area contributed by atoms with Gasteiger partial charge >= 0.3 is 5.97 Å². The van der Waals surface area contributed by atoms with Crippen LogP contribution in [0.4, 0.5) is 0 Å². The van der Waals surface area contributed by atoms with Crippen LogP contribution in [0.3, 0.4) is 0 Å². The number of carbonyl (C=O) groups is 1. The molecule has 3 rings (SSSR count). The molecule has 1 fully saturated rings. The highest BCUT2D eigenvalue weighted by molar-refractivity contribution is 7.10. The van der Waals surface area contributed by atoms with Crippen molar-refractivity contribution in [1.82, 2.24) is 10.2 Å². The van der Waals surface area contributed by atoms with Crippen molar-refractivity contribution in [3.05, 3.63) is 58.3 Å². The zero-order chi connectivity index (χ0) is 16.8. The van der Waals surface area contributed by atoms with Gasteiger partial charge in [0.15, 0.2) is 0 Å². The number of rotatable bonds is 7. The third kappa shape index (κ3) is 4.90. The van der Waals surface area contributed by atoms with Gasteiger partial charge in [-0.3, -0.25) is 9.69 Å². The van der Waals surface area contributed by atoms with E-state index < -0.39 is 5.97 Å². The average molecular weight is 344 g/mol. The Morgan fingerprint density at radius 2 is 2.12 bits per heavy atom. The molecule has 0 aliphatic carbocycles. The number of aliphatic carboxylic acids is 1. The molecule has 1 aromatic heterocycles. The van der Waals surface area contributed by atoms with Crippen LogP contribution in [0.25, 0.3) is 0 Å². The van der Waals surface area contributed by atoms with Gasteiger partial charge in [0.2, 0.25) is 0 Å². The second kappa shape index (κ2) is 8.42. The van der Waals surface area contributed by atoms with Gasteiger partial charge in [0.1, 0.15) is 0 Å². The molecule has 5 heteroatoms. The van der Waals surface area contributed by atoms with E-state index in [9.17, 15) is 9.90 Å². The highest BCUT2D eigenvalue weighted by atomic mass is 32.1. The number of benzene rings is 1. The van der Waals surface area contributed by atoms with E-state index in [0.717, 1.165) is 37.4 Å². The van der Waals surface area contributed by atoms with Crippen LogP contribution in [0.5, 0.6) is 0 Å². The fourth-order valence-electron chi connectivity index (χ4n) is 3.37. The van der Waals surface area contributed by atoms with Crippen molar-refractivity contribution in [1.29, 1.82) is 0 Å². The van der Waals surface area contributed by atoms with Gasteiger partial charge in [0.25, 0.3) is 0 Å². The van der Waals surface area contributed by atoms with Crippen LogP contribution >= 0.6 is 11.3 Å². The second-order valence-corrected chi connectivity index (χ2v) is 7.37. The molecule has 0 radical (unpaired) electrons. The van der Waals surface area contributed by atoms with E-state index in [1.807, 2.05) is 23.6 Å².